The number of rotatable bonds is 3. The van der Waals surface area contributed by atoms with Crippen LogP contribution in [-0.4, -0.2) is 23.4 Å². The number of methoxy groups -OCH3 is 1. The molecule has 1 aliphatic rings. The monoisotopic (exact) mass is 305 g/mol. The summed E-state index contributed by atoms with van der Waals surface area (Å²) in [5, 5.41) is 8.38. The van der Waals surface area contributed by atoms with Crippen molar-refractivity contribution in [1.82, 2.24) is 15.1 Å². The van der Waals surface area contributed by atoms with Crippen LogP contribution in [-0.2, 0) is 13.0 Å². The Morgan fingerprint density at radius 1 is 1.04 bits per heavy atom. The van der Waals surface area contributed by atoms with Crippen molar-refractivity contribution in [3.63, 3.8) is 0 Å². The molecule has 1 aliphatic heterocycles. The van der Waals surface area contributed by atoms with Gasteiger partial charge in [-0.25, -0.2) is 4.68 Å². The number of hydrogen-bond donors (Lipinski definition) is 1. The Hall–Kier alpha value is -2.59. The smallest absolute Gasteiger partial charge is 0.118 e. The Kier molecular flexibility index (Phi) is 3.60. The lowest BCUT2D eigenvalue weighted by molar-refractivity contribution is 0.415. The van der Waals surface area contributed by atoms with E-state index in [0.29, 0.717) is 0 Å². The summed E-state index contributed by atoms with van der Waals surface area (Å²) in [7, 11) is 1.69. The molecule has 0 aliphatic carbocycles. The van der Waals surface area contributed by atoms with Gasteiger partial charge in [0.05, 0.1) is 24.2 Å². The summed E-state index contributed by atoms with van der Waals surface area (Å²) in [6.45, 7) is 1.86. The van der Waals surface area contributed by atoms with Gasteiger partial charge in [-0.3, -0.25) is 0 Å². The van der Waals surface area contributed by atoms with Crippen LogP contribution in [0.25, 0.3) is 16.9 Å². The van der Waals surface area contributed by atoms with Crippen LogP contribution in [0.15, 0.2) is 54.6 Å². The summed E-state index contributed by atoms with van der Waals surface area (Å²) in [5.41, 5.74) is 5.90. The summed E-state index contributed by atoms with van der Waals surface area (Å²) in [6.07, 6.45) is 0.993. The van der Waals surface area contributed by atoms with E-state index in [9.17, 15) is 0 Å². The minimum Gasteiger partial charge on any atom is -0.497 e. The Bertz CT molecular complexity index is 807. The fourth-order valence-electron chi connectivity index (χ4n) is 3.11. The molecule has 0 spiro atoms. The fraction of sp³-hybridized carbons (Fsp3) is 0.211. The second kappa shape index (κ2) is 5.89. The van der Waals surface area contributed by atoms with Gasteiger partial charge >= 0.3 is 0 Å². The minimum absolute atomic E-state index is 0.864. The minimum atomic E-state index is 0.864. The molecule has 0 atom stereocenters. The highest BCUT2D eigenvalue weighted by Crippen LogP contribution is 2.30. The summed E-state index contributed by atoms with van der Waals surface area (Å²) in [4.78, 5) is 0. The SMILES string of the molecule is COc1ccc(-c2nn(-c3ccccc3)c3c2CNCC3)cc1. The van der Waals surface area contributed by atoms with E-state index < -0.39 is 0 Å². The average molecular weight is 305 g/mol. The Balaban J connectivity index is 1.85. The van der Waals surface area contributed by atoms with Crippen molar-refractivity contribution in [2.45, 2.75) is 13.0 Å². The Morgan fingerprint density at radius 2 is 1.83 bits per heavy atom. The van der Waals surface area contributed by atoms with Crippen molar-refractivity contribution >= 4 is 0 Å². The van der Waals surface area contributed by atoms with Crippen molar-refractivity contribution < 1.29 is 4.74 Å². The largest absolute Gasteiger partial charge is 0.497 e. The maximum Gasteiger partial charge on any atom is 0.118 e. The van der Waals surface area contributed by atoms with Crippen LogP contribution < -0.4 is 10.1 Å². The van der Waals surface area contributed by atoms with Crippen molar-refractivity contribution in [1.29, 1.82) is 0 Å². The first-order valence-electron chi connectivity index (χ1n) is 7.88. The number of benzene rings is 2. The normalized spacial score (nSPS) is 13.6. The number of hydrogen-bond acceptors (Lipinski definition) is 3. The van der Waals surface area contributed by atoms with Crippen LogP contribution in [0.2, 0.25) is 0 Å². The predicted molar refractivity (Wildman–Crippen MR) is 91.0 cm³/mol. The van der Waals surface area contributed by atoms with Gasteiger partial charge in [0.25, 0.3) is 0 Å². The van der Waals surface area contributed by atoms with Crippen molar-refractivity contribution in [2.75, 3.05) is 13.7 Å². The molecule has 0 radical (unpaired) electrons. The average Bonchev–Trinajstić information content (AvgIpc) is 3.02. The Morgan fingerprint density at radius 3 is 2.57 bits per heavy atom. The third-order valence-corrected chi connectivity index (χ3v) is 4.29. The molecule has 4 heteroatoms. The molecule has 3 aromatic rings. The predicted octanol–water partition coefficient (Wildman–Crippen LogP) is 3.19. The zero-order valence-corrected chi connectivity index (χ0v) is 13.1. The topological polar surface area (TPSA) is 39.1 Å². The third kappa shape index (κ3) is 2.51. The molecule has 0 bridgehead atoms. The van der Waals surface area contributed by atoms with Crippen molar-refractivity contribution in [3.05, 3.63) is 65.9 Å². The van der Waals surface area contributed by atoms with E-state index in [0.717, 1.165) is 42.2 Å². The first-order chi connectivity index (χ1) is 11.4. The molecule has 23 heavy (non-hydrogen) atoms. The molecule has 0 unspecified atom stereocenters. The first-order valence-corrected chi connectivity index (χ1v) is 7.88. The van der Waals surface area contributed by atoms with E-state index in [1.807, 2.05) is 18.2 Å². The molecule has 4 rings (SSSR count). The highest BCUT2D eigenvalue weighted by Gasteiger charge is 2.22. The molecule has 4 nitrogen and oxygen atoms in total. The van der Waals surface area contributed by atoms with E-state index >= 15 is 0 Å². The van der Waals surface area contributed by atoms with Gasteiger partial charge < -0.3 is 10.1 Å². The maximum atomic E-state index is 5.25. The highest BCUT2D eigenvalue weighted by molar-refractivity contribution is 5.66. The standard InChI is InChI=1S/C19H19N3O/c1-23-16-9-7-14(8-10-16)19-17-13-20-12-11-18(17)22(21-19)15-5-3-2-4-6-15/h2-10,20H,11-13H2,1H3. The van der Waals surface area contributed by atoms with E-state index in [-0.39, 0.29) is 0 Å². The number of fused-ring (bicyclic) bond motifs is 1. The fourth-order valence-corrected chi connectivity index (χ4v) is 3.11. The van der Waals surface area contributed by atoms with Gasteiger partial charge in [-0.15, -0.1) is 0 Å². The molecule has 1 aromatic heterocycles. The van der Waals surface area contributed by atoms with Crippen molar-refractivity contribution in [3.8, 4) is 22.7 Å². The van der Waals surface area contributed by atoms with E-state index in [1.165, 1.54) is 11.3 Å². The van der Waals surface area contributed by atoms with E-state index in [1.54, 1.807) is 7.11 Å². The van der Waals surface area contributed by atoms with Gasteiger partial charge in [0.2, 0.25) is 0 Å². The quantitative estimate of drug-likeness (QED) is 0.807. The molecule has 116 valence electrons. The molecule has 0 saturated heterocycles. The highest BCUT2D eigenvalue weighted by atomic mass is 16.5. The summed E-state index contributed by atoms with van der Waals surface area (Å²) in [5.74, 6) is 0.864. The second-order valence-corrected chi connectivity index (χ2v) is 5.68. The molecular weight excluding hydrogens is 286 g/mol. The van der Waals surface area contributed by atoms with Gasteiger partial charge in [0.15, 0.2) is 0 Å². The molecule has 2 heterocycles. The molecular formula is C19H19N3O. The first kappa shape index (κ1) is 14.0. The van der Waals surface area contributed by atoms with Gasteiger partial charge in [0, 0.05) is 30.6 Å². The number of para-hydroxylation sites is 1. The number of nitrogens with one attached hydrogen (secondary N) is 1. The number of ether oxygens (including phenoxy) is 1. The zero-order valence-electron chi connectivity index (χ0n) is 13.1. The van der Waals surface area contributed by atoms with Crippen LogP contribution in [0, 0.1) is 0 Å². The van der Waals surface area contributed by atoms with Crippen LogP contribution in [0.4, 0.5) is 0 Å². The molecule has 0 amide bonds. The van der Waals surface area contributed by atoms with Gasteiger partial charge in [0.1, 0.15) is 5.75 Å². The van der Waals surface area contributed by atoms with E-state index in [2.05, 4.69) is 46.4 Å². The molecule has 1 N–H and O–H groups in total. The zero-order chi connectivity index (χ0) is 15.6. The summed E-state index contributed by atoms with van der Waals surface area (Å²) >= 11 is 0. The van der Waals surface area contributed by atoms with Gasteiger partial charge in [-0.1, -0.05) is 18.2 Å². The molecule has 0 fully saturated rings. The van der Waals surface area contributed by atoms with Gasteiger partial charge in [-0.2, -0.15) is 5.10 Å². The van der Waals surface area contributed by atoms with Crippen molar-refractivity contribution in [2.24, 2.45) is 0 Å². The lowest BCUT2D eigenvalue weighted by Gasteiger charge is -2.15. The maximum absolute atomic E-state index is 5.25. The van der Waals surface area contributed by atoms with Crippen LogP contribution >= 0.6 is 0 Å². The third-order valence-electron chi connectivity index (χ3n) is 4.29. The second-order valence-electron chi connectivity index (χ2n) is 5.68. The summed E-state index contributed by atoms with van der Waals surface area (Å²) < 4.78 is 7.35. The van der Waals surface area contributed by atoms with Crippen LogP contribution in [0.5, 0.6) is 5.75 Å². The van der Waals surface area contributed by atoms with Crippen LogP contribution in [0.3, 0.4) is 0 Å². The lowest BCUT2D eigenvalue weighted by Crippen LogP contribution is -2.24. The summed E-state index contributed by atoms with van der Waals surface area (Å²) in [6, 6.07) is 18.5. The number of nitrogens with zero attached hydrogens (tertiary/aromatic N) is 2. The lowest BCUT2D eigenvalue weighted by atomic mass is 10.0. The Labute approximate surface area is 135 Å². The van der Waals surface area contributed by atoms with E-state index in [4.69, 9.17) is 9.84 Å². The molecule has 0 saturated carbocycles. The molecule has 2 aromatic carbocycles. The number of aromatic nitrogens is 2. The van der Waals surface area contributed by atoms with Crippen LogP contribution in [0.1, 0.15) is 11.3 Å². The van der Waals surface area contributed by atoms with Gasteiger partial charge in [-0.05, 0) is 36.4 Å².